The highest BCUT2D eigenvalue weighted by atomic mass is 32.1. The number of likely N-dealkylation sites (tertiary alicyclic amines) is 1. The van der Waals surface area contributed by atoms with Gasteiger partial charge in [-0.1, -0.05) is 25.3 Å². The first kappa shape index (κ1) is 20.1. The van der Waals surface area contributed by atoms with Crippen molar-refractivity contribution in [2.75, 3.05) is 19.6 Å². The predicted octanol–water partition coefficient (Wildman–Crippen LogP) is 5.50. The summed E-state index contributed by atoms with van der Waals surface area (Å²) < 4.78 is 0. The van der Waals surface area contributed by atoms with Crippen molar-refractivity contribution in [3.8, 4) is 0 Å². The van der Waals surface area contributed by atoms with Gasteiger partial charge in [0.05, 0.1) is 0 Å². The van der Waals surface area contributed by atoms with Crippen molar-refractivity contribution in [2.24, 2.45) is 5.92 Å². The first-order chi connectivity index (χ1) is 13.8. The van der Waals surface area contributed by atoms with E-state index >= 15 is 0 Å². The topological polar surface area (TPSA) is 19.4 Å². The van der Waals surface area contributed by atoms with Gasteiger partial charge in [0.15, 0.2) is 0 Å². The van der Waals surface area contributed by atoms with Gasteiger partial charge in [-0.25, -0.2) is 0 Å². The van der Waals surface area contributed by atoms with E-state index in [1.54, 1.807) is 0 Å². The summed E-state index contributed by atoms with van der Waals surface area (Å²) in [5.74, 6) is 0.799. The Balaban J connectivity index is 1.40. The number of hydrogen-bond donors (Lipinski definition) is 0. The van der Waals surface area contributed by atoms with Crippen LogP contribution in [0.2, 0.25) is 0 Å². The van der Waals surface area contributed by atoms with Crippen LogP contribution in [0.3, 0.4) is 0 Å². The lowest BCUT2D eigenvalue weighted by atomic mass is 9.90. The molecule has 3 heterocycles. The first-order valence-electron chi connectivity index (χ1n) is 11.2. The molecular formula is C24H35N3S. The molecule has 2 aromatic heterocycles. The van der Waals surface area contributed by atoms with E-state index in [1.807, 2.05) is 23.7 Å². The van der Waals surface area contributed by atoms with Gasteiger partial charge in [0.1, 0.15) is 0 Å². The summed E-state index contributed by atoms with van der Waals surface area (Å²) in [4.78, 5) is 12.7. The highest BCUT2D eigenvalue weighted by molar-refractivity contribution is 7.11. The molecule has 0 radical (unpaired) electrons. The number of piperidine rings is 1. The van der Waals surface area contributed by atoms with Gasteiger partial charge in [0.25, 0.3) is 0 Å². The molecule has 1 saturated carbocycles. The van der Waals surface area contributed by atoms with Gasteiger partial charge in [0.2, 0.25) is 0 Å². The normalized spacial score (nSPS) is 22.0. The summed E-state index contributed by atoms with van der Waals surface area (Å²) in [5, 5.41) is 0. The molecule has 0 N–H and O–H groups in total. The molecule has 1 unspecified atom stereocenters. The number of aryl methyl sites for hydroxylation is 1. The van der Waals surface area contributed by atoms with Crippen molar-refractivity contribution in [1.29, 1.82) is 0 Å². The monoisotopic (exact) mass is 397 g/mol. The van der Waals surface area contributed by atoms with E-state index in [9.17, 15) is 0 Å². The Kier molecular flexibility index (Phi) is 7.16. The molecule has 1 aliphatic carbocycles. The van der Waals surface area contributed by atoms with Crippen LogP contribution < -0.4 is 0 Å². The van der Waals surface area contributed by atoms with Crippen molar-refractivity contribution < 1.29 is 0 Å². The van der Waals surface area contributed by atoms with E-state index < -0.39 is 0 Å². The van der Waals surface area contributed by atoms with Crippen LogP contribution in [0.1, 0.15) is 60.3 Å². The smallest absolute Gasteiger partial charge is 0.0331 e. The largest absolute Gasteiger partial charge is 0.300 e. The molecule has 0 amide bonds. The zero-order valence-corrected chi connectivity index (χ0v) is 18.2. The van der Waals surface area contributed by atoms with Crippen LogP contribution in [0.4, 0.5) is 0 Å². The third-order valence-corrected chi connectivity index (χ3v) is 7.45. The summed E-state index contributed by atoms with van der Waals surface area (Å²) in [5.41, 5.74) is 1.33. The summed E-state index contributed by atoms with van der Waals surface area (Å²) in [6.45, 7) is 8.11. The zero-order chi connectivity index (χ0) is 19.2. The van der Waals surface area contributed by atoms with Crippen molar-refractivity contribution in [3.63, 3.8) is 0 Å². The summed E-state index contributed by atoms with van der Waals surface area (Å²) in [7, 11) is 0. The van der Waals surface area contributed by atoms with Gasteiger partial charge in [-0.15, -0.1) is 11.3 Å². The second-order valence-electron chi connectivity index (χ2n) is 8.84. The van der Waals surface area contributed by atoms with E-state index in [-0.39, 0.29) is 0 Å². The molecule has 4 rings (SSSR count). The maximum Gasteiger partial charge on any atom is 0.0331 e. The maximum absolute atomic E-state index is 4.34. The Labute approximate surface area is 174 Å². The van der Waals surface area contributed by atoms with E-state index in [1.165, 1.54) is 79.9 Å². The van der Waals surface area contributed by atoms with Crippen LogP contribution in [-0.4, -0.2) is 40.5 Å². The SMILES string of the molecule is Cc1ccc(CN(Cc2cccnc2)CC2CCCN(C3CCCCC3)C2)s1. The van der Waals surface area contributed by atoms with Crippen molar-refractivity contribution in [2.45, 2.75) is 71.0 Å². The molecule has 0 spiro atoms. The van der Waals surface area contributed by atoms with Crippen molar-refractivity contribution >= 4 is 11.3 Å². The Morgan fingerprint density at radius 1 is 1.07 bits per heavy atom. The lowest BCUT2D eigenvalue weighted by Gasteiger charge is -2.41. The average Bonchev–Trinajstić information content (AvgIpc) is 3.14. The molecule has 2 aromatic rings. The third kappa shape index (κ3) is 5.65. The van der Waals surface area contributed by atoms with Crippen molar-refractivity contribution in [3.05, 3.63) is 52.0 Å². The number of thiophene rings is 1. The molecule has 0 aromatic carbocycles. The van der Waals surface area contributed by atoms with Gasteiger partial charge >= 0.3 is 0 Å². The molecule has 152 valence electrons. The minimum Gasteiger partial charge on any atom is -0.300 e. The van der Waals surface area contributed by atoms with Gasteiger partial charge in [-0.05, 0) is 68.8 Å². The van der Waals surface area contributed by atoms with Gasteiger partial charge in [0, 0.05) is 54.4 Å². The highest BCUT2D eigenvalue weighted by Gasteiger charge is 2.28. The Bertz CT molecular complexity index is 708. The molecule has 2 aliphatic rings. The standard InChI is InChI=1S/C24H35N3S/c1-20-11-12-24(28-20)19-26(16-21-7-5-13-25-15-21)17-22-8-6-14-27(18-22)23-9-3-2-4-10-23/h5,7,11-13,15,22-23H,2-4,6,8-10,14,16-19H2,1H3. The van der Waals surface area contributed by atoms with E-state index in [0.717, 1.165) is 25.0 Å². The van der Waals surface area contributed by atoms with Crippen LogP contribution >= 0.6 is 11.3 Å². The summed E-state index contributed by atoms with van der Waals surface area (Å²) >= 11 is 1.94. The van der Waals surface area contributed by atoms with E-state index in [4.69, 9.17) is 0 Å². The molecule has 1 saturated heterocycles. The molecule has 28 heavy (non-hydrogen) atoms. The van der Waals surface area contributed by atoms with Gasteiger partial charge in [-0.2, -0.15) is 0 Å². The summed E-state index contributed by atoms with van der Waals surface area (Å²) in [6.07, 6.45) is 13.9. The number of hydrogen-bond acceptors (Lipinski definition) is 4. The maximum atomic E-state index is 4.34. The average molecular weight is 398 g/mol. The minimum atomic E-state index is 0.799. The number of pyridine rings is 1. The predicted molar refractivity (Wildman–Crippen MR) is 119 cm³/mol. The highest BCUT2D eigenvalue weighted by Crippen LogP contribution is 2.28. The Hall–Kier alpha value is -1.23. The fourth-order valence-electron chi connectivity index (χ4n) is 5.11. The first-order valence-corrected chi connectivity index (χ1v) is 12.0. The summed E-state index contributed by atoms with van der Waals surface area (Å²) in [6, 6.07) is 9.71. The van der Waals surface area contributed by atoms with Gasteiger partial charge in [-0.3, -0.25) is 9.88 Å². The van der Waals surface area contributed by atoms with Crippen LogP contribution in [-0.2, 0) is 13.1 Å². The lowest BCUT2D eigenvalue weighted by molar-refractivity contribution is 0.0773. The molecule has 0 bridgehead atoms. The van der Waals surface area contributed by atoms with E-state index in [2.05, 4.69) is 46.0 Å². The number of aromatic nitrogens is 1. The number of rotatable bonds is 7. The van der Waals surface area contributed by atoms with Crippen LogP contribution in [0.25, 0.3) is 0 Å². The molecule has 2 fully saturated rings. The van der Waals surface area contributed by atoms with Crippen LogP contribution in [0, 0.1) is 12.8 Å². The fraction of sp³-hybridized carbons (Fsp3) is 0.625. The Morgan fingerprint density at radius 2 is 1.96 bits per heavy atom. The van der Waals surface area contributed by atoms with E-state index in [0.29, 0.717) is 0 Å². The Morgan fingerprint density at radius 3 is 2.71 bits per heavy atom. The second kappa shape index (κ2) is 10.00. The van der Waals surface area contributed by atoms with Crippen LogP contribution in [0.15, 0.2) is 36.7 Å². The van der Waals surface area contributed by atoms with Crippen LogP contribution in [0.5, 0.6) is 0 Å². The fourth-order valence-corrected chi connectivity index (χ4v) is 6.05. The van der Waals surface area contributed by atoms with Crippen molar-refractivity contribution in [1.82, 2.24) is 14.8 Å². The molecule has 1 aliphatic heterocycles. The molecule has 4 heteroatoms. The van der Waals surface area contributed by atoms with Gasteiger partial charge < -0.3 is 4.90 Å². The molecule has 1 atom stereocenters. The number of nitrogens with zero attached hydrogens (tertiary/aromatic N) is 3. The molecular weight excluding hydrogens is 362 g/mol. The third-order valence-electron chi connectivity index (χ3n) is 6.46. The molecule has 3 nitrogen and oxygen atoms in total. The quantitative estimate of drug-likeness (QED) is 0.615. The minimum absolute atomic E-state index is 0.799. The lowest BCUT2D eigenvalue weighted by Crippen LogP contribution is -2.46. The zero-order valence-electron chi connectivity index (χ0n) is 17.4. The second-order valence-corrected chi connectivity index (χ2v) is 10.2.